The molecule has 0 saturated carbocycles. The van der Waals surface area contributed by atoms with Gasteiger partial charge in [0.1, 0.15) is 11.4 Å². The summed E-state index contributed by atoms with van der Waals surface area (Å²) in [5, 5.41) is 7.88. The molecule has 46 heavy (non-hydrogen) atoms. The van der Waals surface area contributed by atoms with Crippen LogP contribution in [0.4, 0.5) is 16.3 Å². The molecule has 1 aromatic carbocycles. The van der Waals surface area contributed by atoms with Crippen LogP contribution in [0.25, 0.3) is 5.65 Å². The number of piperidine rings is 1. The highest BCUT2D eigenvalue weighted by atomic mass is 35.5. The van der Waals surface area contributed by atoms with Crippen LogP contribution in [0.5, 0.6) is 0 Å². The van der Waals surface area contributed by atoms with Gasteiger partial charge in [0.25, 0.3) is 5.91 Å². The zero-order valence-corrected chi connectivity index (χ0v) is 28.6. The van der Waals surface area contributed by atoms with Crippen molar-refractivity contribution in [3.05, 3.63) is 64.1 Å². The fraction of sp³-hybridized carbons (Fsp3) is 0.484. The molecule has 2 aliphatic rings. The Morgan fingerprint density at radius 3 is 2.63 bits per heavy atom. The van der Waals surface area contributed by atoms with Crippen molar-refractivity contribution in [1.29, 1.82) is 0 Å². The van der Waals surface area contributed by atoms with Crippen LogP contribution < -0.4 is 14.9 Å². The second kappa shape index (κ2) is 13.1. The molecule has 0 bridgehead atoms. The van der Waals surface area contributed by atoms with Crippen LogP contribution in [0.2, 0.25) is 5.02 Å². The summed E-state index contributed by atoms with van der Waals surface area (Å²) in [7, 11) is -1.03. The molecule has 5 rings (SSSR count). The lowest BCUT2D eigenvalue weighted by Crippen LogP contribution is -2.39. The predicted octanol–water partition coefficient (Wildman–Crippen LogP) is 4.90. The number of aromatic nitrogens is 3. The summed E-state index contributed by atoms with van der Waals surface area (Å²) in [6.07, 6.45) is 6.36. The van der Waals surface area contributed by atoms with E-state index in [1.165, 1.54) is 26.2 Å². The number of likely N-dealkylation sites (tertiary alicyclic amines) is 1. The molecule has 0 spiro atoms. The van der Waals surface area contributed by atoms with Gasteiger partial charge in [0.05, 0.1) is 23.0 Å². The van der Waals surface area contributed by atoms with Crippen molar-refractivity contribution in [1.82, 2.24) is 29.1 Å². The second-order valence-corrected chi connectivity index (χ2v) is 15.2. The molecule has 15 heteroatoms. The van der Waals surface area contributed by atoms with Crippen molar-refractivity contribution in [2.75, 3.05) is 43.4 Å². The fourth-order valence-corrected chi connectivity index (χ4v) is 6.41. The summed E-state index contributed by atoms with van der Waals surface area (Å²) in [5.41, 5.74) is 3.12. The molecular formula is C31H41ClN8O5S. The number of aryl methyl sites for hydroxylation is 1. The first-order valence-electron chi connectivity index (χ1n) is 15.2. The maximum absolute atomic E-state index is 14.0. The molecule has 1 unspecified atom stereocenters. The van der Waals surface area contributed by atoms with E-state index in [1.54, 1.807) is 21.7 Å². The van der Waals surface area contributed by atoms with Gasteiger partial charge < -0.3 is 14.5 Å². The van der Waals surface area contributed by atoms with Crippen molar-refractivity contribution < 1.29 is 22.7 Å². The van der Waals surface area contributed by atoms with Crippen LogP contribution in [-0.2, 0) is 14.9 Å². The number of carbonyl (C=O) groups excluding carboxylic acids is 2. The van der Waals surface area contributed by atoms with Crippen molar-refractivity contribution in [3.63, 3.8) is 0 Å². The van der Waals surface area contributed by atoms with E-state index >= 15 is 0 Å². The molecule has 13 nitrogen and oxygen atoms in total. The third-order valence-electron chi connectivity index (χ3n) is 7.85. The highest BCUT2D eigenvalue weighted by Gasteiger charge is 2.33. The summed E-state index contributed by atoms with van der Waals surface area (Å²) < 4.78 is 35.8. The molecule has 2 amide bonds. The summed E-state index contributed by atoms with van der Waals surface area (Å²) in [5.74, 6) is 0.495. The monoisotopic (exact) mass is 672 g/mol. The Labute approximate surface area is 274 Å². The van der Waals surface area contributed by atoms with Crippen LogP contribution in [-0.4, -0.2) is 83.6 Å². The number of rotatable bonds is 7. The van der Waals surface area contributed by atoms with E-state index in [0.717, 1.165) is 47.1 Å². The molecule has 0 aliphatic carbocycles. The van der Waals surface area contributed by atoms with Gasteiger partial charge in [0, 0.05) is 62.8 Å². The smallest absolute Gasteiger partial charge is 0.411 e. The molecule has 2 fully saturated rings. The minimum Gasteiger partial charge on any atom is -0.444 e. The van der Waals surface area contributed by atoms with E-state index in [2.05, 4.69) is 14.9 Å². The SMILES string of the molecule is Cc1cn2nc(C3CCCCN3C(=O)c3cc(Cl)ccc3NS(=O)(=O)N(C)C)cc2nc1N1CC/C(=C\NC(=O)OC(C)(C)C)C1. The first kappa shape index (κ1) is 33.5. The minimum absolute atomic E-state index is 0.157. The van der Waals surface area contributed by atoms with E-state index in [1.807, 2.05) is 40.0 Å². The average molecular weight is 673 g/mol. The number of nitrogens with zero attached hydrogens (tertiary/aromatic N) is 6. The predicted molar refractivity (Wildman–Crippen MR) is 177 cm³/mol. The lowest BCUT2D eigenvalue weighted by molar-refractivity contribution is 0.0550. The maximum Gasteiger partial charge on any atom is 0.411 e. The number of carbonyl (C=O) groups is 2. The number of benzene rings is 1. The average Bonchev–Trinajstić information content (AvgIpc) is 3.62. The van der Waals surface area contributed by atoms with Crippen LogP contribution >= 0.6 is 11.6 Å². The van der Waals surface area contributed by atoms with Gasteiger partial charge in [-0.3, -0.25) is 14.8 Å². The molecule has 2 aliphatic heterocycles. The number of amides is 2. The van der Waals surface area contributed by atoms with Gasteiger partial charge in [-0.25, -0.2) is 14.3 Å². The van der Waals surface area contributed by atoms with Crippen molar-refractivity contribution >= 4 is 51.0 Å². The third kappa shape index (κ3) is 7.56. The molecular weight excluding hydrogens is 632 g/mol. The van der Waals surface area contributed by atoms with E-state index in [4.69, 9.17) is 26.4 Å². The quantitative estimate of drug-likeness (QED) is 0.361. The van der Waals surface area contributed by atoms with Crippen molar-refractivity contribution in [2.45, 2.75) is 65.0 Å². The zero-order chi connectivity index (χ0) is 33.4. The van der Waals surface area contributed by atoms with Gasteiger partial charge in [-0.2, -0.15) is 17.8 Å². The van der Waals surface area contributed by atoms with Gasteiger partial charge in [-0.1, -0.05) is 11.6 Å². The number of nitrogens with one attached hydrogen (secondary N) is 2. The Morgan fingerprint density at radius 2 is 1.91 bits per heavy atom. The molecule has 0 radical (unpaired) electrons. The molecule has 3 aromatic rings. The van der Waals surface area contributed by atoms with Gasteiger partial charge >= 0.3 is 16.3 Å². The number of hydrogen-bond donors (Lipinski definition) is 2. The topological polar surface area (TPSA) is 141 Å². The second-order valence-electron chi connectivity index (χ2n) is 12.8. The lowest BCUT2D eigenvalue weighted by atomic mass is 9.98. The normalized spacial score (nSPS) is 18.4. The Balaban J connectivity index is 1.38. The Morgan fingerprint density at radius 1 is 1.15 bits per heavy atom. The van der Waals surface area contributed by atoms with Gasteiger partial charge in [0.2, 0.25) is 0 Å². The Kier molecular flexibility index (Phi) is 9.52. The number of hydrogen-bond acceptors (Lipinski definition) is 8. The molecule has 248 valence electrons. The molecule has 4 heterocycles. The lowest BCUT2D eigenvalue weighted by Gasteiger charge is -2.35. The number of fused-ring (bicyclic) bond motifs is 1. The summed E-state index contributed by atoms with van der Waals surface area (Å²) in [4.78, 5) is 35.0. The summed E-state index contributed by atoms with van der Waals surface area (Å²) in [6.45, 7) is 9.30. The van der Waals surface area contributed by atoms with Crippen molar-refractivity contribution in [2.24, 2.45) is 0 Å². The first-order chi connectivity index (χ1) is 21.6. The van der Waals surface area contributed by atoms with Gasteiger partial charge in [0.15, 0.2) is 5.65 Å². The van der Waals surface area contributed by atoms with Crippen LogP contribution in [0.3, 0.4) is 0 Å². The fourth-order valence-electron chi connectivity index (χ4n) is 5.60. The summed E-state index contributed by atoms with van der Waals surface area (Å²) in [6, 6.07) is 6.12. The zero-order valence-electron chi connectivity index (χ0n) is 27.0. The molecule has 2 aromatic heterocycles. The van der Waals surface area contributed by atoms with Crippen LogP contribution in [0.15, 0.2) is 42.2 Å². The summed E-state index contributed by atoms with van der Waals surface area (Å²) >= 11 is 6.27. The van der Waals surface area contributed by atoms with Crippen molar-refractivity contribution in [3.8, 4) is 0 Å². The highest BCUT2D eigenvalue weighted by Crippen LogP contribution is 2.35. The van der Waals surface area contributed by atoms with Crippen LogP contribution in [0, 0.1) is 6.92 Å². The van der Waals surface area contributed by atoms with Crippen LogP contribution in [0.1, 0.15) is 74.1 Å². The minimum atomic E-state index is -3.85. The Bertz CT molecular complexity index is 1780. The molecule has 1 atom stereocenters. The largest absolute Gasteiger partial charge is 0.444 e. The molecule has 2 N–H and O–H groups in total. The number of alkyl carbamates (subject to hydrolysis) is 1. The number of ether oxygens (including phenoxy) is 1. The van der Waals surface area contributed by atoms with E-state index < -0.39 is 21.9 Å². The van der Waals surface area contributed by atoms with Gasteiger partial charge in [-0.15, -0.1) is 0 Å². The molecule has 2 saturated heterocycles. The first-order valence-corrected chi connectivity index (χ1v) is 17.0. The number of anilines is 2. The van der Waals surface area contributed by atoms with E-state index in [9.17, 15) is 18.0 Å². The van der Waals surface area contributed by atoms with E-state index in [-0.39, 0.29) is 23.2 Å². The third-order valence-corrected chi connectivity index (χ3v) is 9.52. The van der Waals surface area contributed by atoms with E-state index in [0.29, 0.717) is 35.9 Å². The van der Waals surface area contributed by atoms with Gasteiger partial charge in [-0.05, 0) is 77.2 Å². The Hall–Kier alpha value is -3.88. The standard InChI is InChI=1S/C31H41ClN8O5S/c1-20-18-40-27(34-28(20)38-14-12-21(19-38)17-33-30(42)45-31(2,3)4)16-25(35-40)26-9-7-8-13-39(26)29(41)23-15-22(32)10-11-24(23)36-46(43,44)37(5)6/h10-11,15-18,26,36H,7-9,12-14,19H2,1-6H3,(H,33,42)/b21-17+. The maximum atomic E-state index is 14.0. The number of halogens is 1. The highest BCUT2D eigenvalue weighted by molar-refractivity contribution is 7.90.